The number of carbonyl (C=O) groups excluding carboxylic acids is 1. The van der Waals surface area contributed by atoms with Crippen LogP contribution < -0.4 is 0 Å². The lowest BCUT2D eigenvalue weighted by atomic mass is 10.1. The van der Waals surface area contributed by atoms with Gasteiger partial charge in [0, 0.05) is 0 Å². The van der Waals surface area contributed by atoms with Gasteiger partial charge in [0.05, 0.1) is 0 Å². The van der Waals surface area contributed by atoms with Gasteiger partial charge < -0.3 is 5.48 Å². The summed E-state index contributed by atoms with van der Waals surface area (Å²) in [6.07, 6.45) is 1.10. The topological polar surface area (TPSA) is 48.6 Å². The van der Waals surface area contributed by atoms with Gasteiger partial charge in [-0.1, -0.05) is 48.5 Å². The van der Waals surface area contributed by atoms with E-state index in [1.807, 2.05) is 0 Å². The summed E-state index contributed by atoms with van der Waals surface area (Å²) in [5.41, 5.74) is 5.75. The second-order valence-corrected chi connectivity index (χ2v) is 3.76. The highest BCUT2D eigenvalue weighted by Crippen LogP contribution is 2.35. The minimum absolute atomic E-state index is 0. The molecule has 2 aromatic rings. The van der Waals surface area contributed by atoms with Crippen molar-refractivity contribution in [3.8, 4) is 11.1 Å². The molecule has 1 aliphatic carbocycles. The van der Waals surface area contributed by atoms with E-state index in [4.69, 9.17) is 4.79 Å². The normalized spacial score (nSPS) is 10.2. The average molecular weight is 249 g/mol. The summed E-state index contributed by atoms with van der Waals surface area (Å²) in [5.74, 6) is 0.222. The summed E-state index contributed by atoms with van der Waals surface area (Å²) in [4.78, 5) is 8.57. The second kappa shape index (κ2) is 6.18. The van der Waals surface area contributed by atoms with Gasteiger partial charge in [-0.05, 0) is 40.3 Å². The predicted molar refractivity (Wildman–Crippen MR) is 70.9 cm³/mol. The molecule has 2 nitrogen and oxygen atoms in total. The van der Waals surface area contributed by atoms with Crippen LogP contribution in [-0.4, -0.2) is 11.2 Å². The van der Waals surface area contributed by atoms with Crippen molar-refractivity contribution < 1.29 is 10.3 Å². The van der Waals surface area contributed by atoms with Crippen molar-refractivity contribution in [2.45, 2.75) is 6.42 Å². The molecule has 2 N–H and O–H groups in total. The van der Waals surface area contributed by atoms with Crippen molar-refractivity contribution in [1.82, 2.24) is 0 Å². The Labute approximate surface area is 105 Å². The molecule has 0 aliphatic heterocycles. The maximum absolute atomic E-state index is 8.57. The lowest BCUT2D eigenvalue weighted by Crippen LogP contribution is -1.77. The first-order valence-corrected chi connectivity index (χ1v) is 5.50. The fourth-order valence-electron chi connectivity index (χ4n) is 2.08. The van der Waals surface area contributed by atoms with Crippen LogP contribution in [0.3, 0.4) is 0 Å². The molecule has 3 heteroatoms. The molecule has 88 valence electrons. The number of fused-ring (bicyclic) bond motifs is 3. The van der Waals surface area contributed by atoms with Crippen LogP contribution in [0, 0.1) is 0 Å². The number of halogens is 1. The number of rotatable bonds is 0. The van der Waals surface area contributed by atoms with E-state index in [1.54, 1.807) is 0 Å². The molecule has 0 spiro atoms. The minimum atomic E-state index is 0. The molecule has 0 saturated carbocycles. The molecular weight excluding hydrogens is 236 g/mol. The van der Waals surface area contributed by atoms with E-state index in [0.717, 1.165) is 6.42 Å². The van der Waals surface area contributed by atoms with E-state index in [2.05, 4.69) is 60.1 Å². The van der Waals surface area contributed by atoms with Gasteiger partial charge in [-0.3, -0.25) is 4.79 Å². The predicted octanol–water partition coefficient (Wildman–Crippen LogP) is 2.85. The van der Waals surface area contributed by atoms with Crippen molar-refractivity contribution in [2.24, 2.45) is 0 Å². The third-order valence-corrected chi connectivity index (χ3v) is 2.71. The van der Waals surface area contributed by atoms with E-state index in [1.165, 1.54) is 22.3 Å². The summed E-state index contributed by atoms with van der Waals surface area (Å²) >= 11 is 4.32. The highest BCUT2D eigenvalue weighted by atomic mass is 35.5. The van der Waals surface area contributed by atoms with Crippen molar-refractivity contribution in [3.05, 3.63) is 59.7 Å². The highest BCUT2D eigenvalue weighted by Gasteiger charge is 2.15. The van der Waals surface area contributed by atoms with Crippen molar-refractivity contribution in [2.75, 3.05) is 0 Å². The van der Waals surface area contributed by atoms with Crippen LogP contribution in [0.5, 0.6) is 0 Å². The van der Waals surface area contributed by atoms with Crippen LogP contribution >= 0.6 is 11.6 Å². The van der Waals surface area contributed by atoms with Gasteiger partial charge >= 0.3 is 0 Å². The zero-order valence-corrected chi connectivity index (χ0v) is 9.95. The molecule has 0 aromatic heterocycles. The van der Waals surface area contributed by atoms with E-state index < -0.39 is 0 Å². The molecule has 0 radical (unpaired) electrons. The number of hydrogen-bond acceptors (Lipinski definition) is 1. The zero-order valence-electron chi connectivity index (χ0n) is 9.19. The lowest BCUT2D eigenvalue weighted by Gasteiger charge is -1.98. The molecular formula is C14H13ClO2. The molecule has 17 heavy (non-hydrogen) atoms. The number of hydrogen-bond donors (Lipinski definition) is 0. The standard InChI is InChI=1S/C13H10.CHClO.H2O/c1-3-7-12-10(5-1)9-11-6-2-4-8-13(11)12;2-1-3;/h1-8H,9H2;1H;1H2. The molecule has 0 atom stereocenters. The molecule has 2 aromatic carbocycles. The van der Waals surface area contributed by atoms with E-state index >= 15 is 0 Å². The van der Waals surface area contributed by atoms with E-state index in [-0.39, 0.29) is 11.2 Å². The van der Waals surface area contributed by atoms with Crippen LogP contribution in [0.25, 0.3) is 11.1 Å². The van der Waals surface area contributed by atoms with Gasteiger partial charge in [-0.25, -0.2) is 0 Å². The van der Waals surface area contributed by atoms with Crippen LogP contribution in [0.1, 0.15) is 11.1 Å². The highest BCUT2D eigenvalue weighted by molar-refractivity contribution is 6.54. The Morgan fingerprint density at radius 3 is 1.65 bits per heavy atom. The van der Waals surface area contributed by atoms with Gasteiger partial charge in [0.15, 0.2) is 0 Å². The average Bonchev–Trinajstić information content (AvgIpc) is 2.68. The maximum Gasteiger partial charge on any atom is 0.208 e. The first-order valence-electron chi connectivity index (χ1n) is 5.07. The molecule has 0 heterocycles. The Morgan fingerprint density at radius 1 is 0.882 bits per heavy atom. The van der Waals surface area contributed by atoms with Crippen molar-refractivity contribution in [1.29, 1.82) is 0 Å². The Hall–Kier alpha value is -1.64. The van der Waals surface area contributed by atoms with Crippen LogP contribution in [0.2, 0.25) is 0 Å². The van der Waals surface area contributed by atoms with Crippen molar-refractivity contribution >= 4 is 17.3 Å². The van der Waals surface area contributed by atoms with E-state index in [9.17, 15) is 0 Å². The third-order valence-electron chi connectivity index (χ3n) is 2.71. The second-order valence-electron chi connectivity index (χ2n) is 3.58. The fraction of sp³-hybridized carbons (Fsp3) is 0.0714. The third kappa shape index (κ3) is 2.73. The van der Waals surface area contributed by atoms with Gasteiger partial charge in [0.2, 0.25) is 5.75 Å². The SMILES string of the molecule is O.O=CCl.c1ccc2c(c1)Cc1ccccc1-2. The van der Waals surface area contributed by atoms with Gasteiger partial charge in [0.25, 0.3) is 0 Å². The molecule has 0 saturated heterocycles. The van der Waals surface area contributed by atoms with Crippen LogP contribution in [0.15, 0.2) is 48.5 Å². The number of benzene rings is 2. The first-order chi connectivity index (χ1) is 7.86. The minimum Gasteiger partial charge on any atom is -0.412 e. The summed E-state index contributed by atoms with van der Waals surface area (Å²) in [6.45, 7) is 0. The largest absolute Gasteiger partial charge is 0.412 e. The smallest absolute Gasteiger partial charge is 0.208 e. The molecule has 0 fully saturated rings. The zero-order chi connectivity index (χ0) is 11.4. The quantitative estimate of drug-likeness (QED) is 0.446. The molecule has 1 aliphatic rings. The van der Waals surface area contributed by atoms with Crippen LogP contribution in [0.4, 0.5) is 0 Å². The Kier molecular flexibility index (Phi) is 4.88. The Bertz CT molecular complexity index is 466. The first kappa shape index (κ1) is 13.4. The molecule has 0 bridgehead atoms. The van der Waals surface area contributed by atoms with Gasteiger partial charge in [0.1, 0.15) is 0 Å². The van der Waals surface area contributed by atoms with Gasteiger partial charge in [-0.2, -0.15) is 0 Å². The fourth-order valence-corrected chi connectivity index (χ4v) is 2.08. The van der Waals surface area contributed by atoms with Crippen LogP contribution in [-0.2, 0) is 11.2 Å². The maximum atomic E-state index is 8.57. The van der Waals surface area contributed by atoms with Gasteiger partial charge in [-0.15, -0.1) is 0 Å². The molecule has 3 rings (SSSR count). The summed E-state index contributed by atoms with van der Waals surface area (Å²) in [6, 6.07) is 17.3. The Balaban J connectivity index is 0.000000331. The monoisotopic (exact) mass is 248 g/mol. The summed E-state index contributed by atoms with van der Waals surface area (Å²) in [7, 11) is 0. The summed E-state index contributed by atoms with van der Waals surface area (Å²) in [5, 5.41) is 0. The Morgan fingerprint density at radius 2 is 1.24 bits per heavy atom. The summed E-state index contributed by atoms with van der Waals surface area (Å²) < 4.78 is 0. The van der Waals surface area contributed by atoms with E-state index in [0.29, 0.717) is 0 Å². The number of carbonyl (C=O) groups is 1. The lowest BCUT2D eigenvalue weighted by molar-refractivity contribution is 0.569. The van der Waals surface area contributed by atoms with Crippen molar-refractivity contribution in [3.63, 3.8) is 0 Å². The molecule has 0 amide bonds. The molecule has 0 unspecified atom stereocenters.